The number of hydrogen-bond acceptors (Lipinski definition) is 0. The van der Waals surface area contributed by atoms with Gasteiger partial charge in [-0.25, -0.2) is 0 Å². The first-order valence-electron chi connectivity index (χ1n) is 11.8. The summed E-state index contributed by atoms with van der Waals surface area (Å²) >= 11 is 0. The zero-order chi connectivity index (χ0) is 18.4. The van der Waals surface area contributed by atoms with Gasteiger partial charge < -0.3 is 0 Å². The molecule has 26 heavy (non-hydrogen) atoms. The summed E-state index contributed by atoms with van der Waals surface area (Å²) in [5, 5.41) is 0. The highest BCUT2D eigenvalue weighted by atomic mass is 14.4. The summed E-state index contributed by atoms with van der Waals surface area (Å²) in [5.74, 6) is 4.57. The standard InChI is InChI=1S/C26H42/c1-4-6-7-10-22-17-18-24(19-20(22)3)26-12-9-8-11-25(26)23-15-13-21(5-2)14-16-23/h8-9,11-12,20-24H,4-7,10,13-19H2,1-3H3. The van der Waals surface area contributed by atoms with Crippen LogP contribution in [0.2, 0.25) is 0 Å². The van der Waals surface area contributed by atoms with Gasteiger partial charge in [0.05, 0.1) is 0 Å². The van der Waals surface area contributed by atoms with Crippen molar-refractivity contribution < 1.29 is 0 Å². The first-order valence-corrected chi connectivity index (χ1v) is 11.8. The fraction of sp³-hybridized carbons (Fsp3) is 0.769. The van der Waals surface area contributed by atoms with Gasteiger partial charge in [0, 0.05) is 0 Å². The third kappa shape index (κ3) is 4.93. The van der Waals surface area contributed by atoms with Crippen LogP contribution in [0.1, 0.15) is 121 Å². The van der Waals surface area contributed by atoms with Crippen LogP contribution in [0.3, 0.4) is 0 Å². The fourth-order valence-corrected chi connectivity index (χ4v) is 5.96. The van der Waals surface area contributed by atoms with E-state index in [-0.39, 0.29) is 0 Å². The van der Waals surface area contributed by atoms with Gasteiger partial charge in [-0.3, -0.25) is 0 Å². The summed E-state index contributed by atoms with van der Waals surface area (Å²) in [6, 6.07) is 9.55. The van der Waals surface area contributed by atoms with Crippen molar-refractivity contribution in [2.45, 2.75) is 110 Å². The molecule has 0 amide bonds. The van der Waals surface area contributed by atoms with E-state index in [2.05, 4.69) is 45.0 Å². The Bertz CT molecular complexity index is 523. The Balaban J connectivity index is 1.63. The van der Waals surface area contributed by atoms with Gasteiger partial charge >= 0.3 is 0 Å². The first-order chi connectivity index (χ1) is 12.7. The van der Waals surface area contributed by atoms with Crippen molar-refractivity contribution in [3.63, 3.8) is 0 Å². The van der Waals surface area contributed by atoms with Crippen molar-refractivity contribution in [2.75, 3.05) is 0 Å². The molecule has 2 fully saturated rings. The summed E-state index contributed by atoms with van der Waals surface area (Å²) in [7, 11) is 0. The molecule has 2 aliphatic carbocycles. The summed E-state index contributed by atoms with van der Waals surface area (Å²) in [6.45, 7) is 7.24. The lowest BCUT2D eigenvalue weighted by Gasteiger charge is -2.37. The molecule has 0 bridgehead atoms. The predicted octanol–water partition coefficient (Wildman–Crippen LogP) is 8.47. The minimum absolute atomic E-state index is 0.826. The Kier molecular flexibility index (Phi) is 7.64. The Hall–Kier alpha value is -0.780. The monoisotopic (exact) mass is 354 g/mol. The molecule has 0 N–H and O–H groups in total. The van der Waals surface area contributed by atoms with E-state index in [0.717, 1.165) is 29.6 Å². The quantitative estimate of drug-likeness (QED) is 0.431. The van der Waals surface area contributed by atoms with Gasteiger partial charge in [0.2, 0.25) is 0 Å². The van der Waals surface area contributed by atoms with Gasteiger partial charge in [-0.05, 0) is 85.7 Å². The lowest BCUT2D eigenvalue weighted by molar-refractivity contribution is 0.214. The molecule has 3 atom stereocenters. The molecular weight excluding hydrogens is 312 g/mol. The van der Waals surface area contributed by atoms with Crippen LogP contribution in [0.5, 0.6) is 0 Å². The van der Waals surface area contributed by atoms with Crippen molar-refractivity contribution in [1.29, 1.82) is 0 Å². The lowest BCUT2D eigenvalue weighted by atomic mass is 9.68. The van der Waals surface area contributed by atoms with Gasteiger partial charge in [0.1, 0.15) is 0 Å². The van der Waals surface area contributed by atoms with Crippen molar-refractivity contribution in [3.05, 3.63) is 35.4 Å². The highest BCUT2D eigenvalue weighted by Gasteiger charge is 2.31. The summed E-state index contributed by atoms with van der Waals surface area (Å²) in [6.07, 6.45) is 17.2. The highest BCUT2D eigenvalue weighted by Crippen LogP contribution is 2.45. The van der Waals surface area contributed by atoms with Gasteiger partial charge in [0.25, 0.3) is 0 Å². The van der Waals surface area contributed by atoms with Crippen LogP contribution < -0.4 is 0 Å². The molecule has 1 aromatic rings. The molecule has 3 rings (SSSR count). The van der Waals surface area contributed by atoms with Crippen LogP contribution in [0, 0.1) is 17.8 Å². The Morgan fingerprint density at radius 3 is 2.08 bits per heavy atom. The maximum atomic E-state index is 2.54. The molecule has 0 aliphatic heterocycles. The maximum absolute atomic E-state index is 2.54. The van der Waals surface area contributed by atoms with Crippen LogP contribution in [0.25, 0.3) is 0 Å². The molecular formula is C26H42. The van der Waals surface area contributed by atoms with Gasteiger partial charge in [-0.1, -0.05) is 77.1 Å². The van der Waals surface area contributed by atoms with E-state index in [4.69, 9.17) is 0 Å². The molecule has 0 heterocycles. The molecule has 0 radical (unpaired) electrons. The molecule has 2 saturated carbocycles. The minimum atomic E-state index is 0.826. The van der Waals surface area contributed by atoms with E-state index in [1.807, 2.05) is 0 Å². The number of benzene rings is 1. The third-order valence-corrected chi connectivity index (χ3v) is 7.83. The van der Waals surface area contributed by atoms with E-state index >= 15 is 0 Å². The molecule has 0 spiro atoms. The van der Waals surface area contributed by atoms with Gasteiger partial charge in [0.15, 0.2) is 0 Å². The van der Waals surface area contributed by atoms with Crippen LogP contribution in [0.15, 0.2) is 24.3 Å². The third-order valence-electron chi connectivity index (χ3n) is 7.83. The first kappa shape index (κ1) is 20.0. The van der Waals surface area contributed by atoms with E-state index in [0.29, 0.717) is 0 Å². The molecule has 3 unspecified atom stereocenters. The van der Waals surface area contributed by atoms with Crippen LogP contribution in [0.4, 0.5) is 0 Å². The smallest absolute Gasteiger partial charge is 0.0156 e. The normalized spacial score (nSPS) is 32.5. The van der Waals surface area contributed by atoms with E-state index < -0.39 is 0 Å². The minimum Gasteiger partial charge on any atom is -0.0654 e. The van der Waals surface area contributed by atoms with Crippen molar-refractivity contribution >= 4 is 0 Å². The Labute approximate surface area is 163 Å². The molecule has 2 aliphatic rings. The van der Waals surface area contributed by atoms with Crippen molar-refractivity contribution in [1.82, 2.24) is 0 Å². The average molecular weight is 355 g/mol. The fourth-order valence-electron chi connectivity index (χ4n) is 5.96. The molecule has 0 nitrogen and oxygen atoms in total. The van der Waals surface area contributed by atoms with Crippen LogP contribution in [-0.2, 0) is 0 Å². The lowest BCUT2D eigenvalue weighted by Crippen LogP contribution is -2.23. The Morgan fingerprint density at radius 1 is 0.808 bits per heavy atom. The molecule has 1 aromatic carbocycles. The average Bonchev–Trinajstić information content (AvgIpc) is 2.69. The number of hydrogen-bond donors (Lipinski definition) is 0. The van der Waals surface area contributed by atoms with E-state index in [1.165, 1.54) is 77.0 Å². The van der Waals surface area contributed by atoms with E-state index in [9.17, 15) is 0 Å². The van der Waals surface area contributed by atoms with Crippen LogP contribution in [-0.4, -0.2) is 0 Å². The van der Waals surface area contributed by atoms with Crippen LogP contribution >= 0.6 is 0 Å². The zero-order valence-corrected chi connectivity index (χ0v) is 17.7. The second-order valence-electron chi connectivity index (χ2n) is 9.50. The summed E-state index contributed by atoms with van der Waals surface area (Å²) < 4.78 is 0. The number of unbranched alkanes of at least 4 members (excludes halogenated alkanes) is 2. The summed E-state index contributed by atoms with van der Waals surface area (Å²) in [4.78, 5) is 0. The second kappa shape index (κ2) is 9.95. The zero-order valence-electron chi connectivity index (χ0n) is 17.7. The van der Waals surface area contributed by atoms with Gasteiger partial charge in [-0.15, -0.1) is 0 Å². The molecule has 146 valence electrons. The Morgan fingerprint density at radius 2 is 1.46 bits per heavy atom. The topological polar surface area (TPSA) is 0 Å². The second-order valence-corrected chi connectivity index (χ2v) is 9.50. The number of rotatable bonds is 7. The highest BCUT2D eigenvalue weighted by molar-refractivity contribution is 5.34. The SMILES string of the molecule is CCCCCC1CCC(c2ccccc2C2CCC(CC)CC2)CC1C. The van der Waals surface area contributed by atoms with E-state index in [1.54, 1.807) is 11.1 Å². The molecule has 0 aromatic heterocycles. The predicted molar refractivity (Wildman–Crippen MR) is 115 cm³/mol. The largest absolute Gasteiger partial charge is 0.0654 e. The van der Waals surface area contributed by atoms with Crippen molar-refractivity contribution in [2.24, 2.45) is 17.8 Å². The summed E-state index contributed by atoms with van der Waals surface area (Å²) in [5.41, 5.74) is 3.45. The maximum Gasteiger partial charge on any atom is -0.0156 e. The molecule has 0 heteroatoms. The van der Waals surface area contributed by atoms with Crippen molar-refractivity contribution in [3.8, 4) is 0 Å². The molecule has 0 saturated heterocycles. The van der Waals surface area contributed by atoms with Gasteiger partial charge in [-0.2, -0.15) is 0 Å².